The van der Waals surface area contributed by atoms with Crippen LogP contribution in [0, 0.1) is 10.1 Å². The van der Waals surface area contributed by atoms with Crippen molar-refractivity contribution in [2.24, 2.45) is 0 Å². The summed E-state index contributed by atoms with van der Waals surface area (Å²) >= 11 is 0. The molecular formula is C14H12N2O7S. The van der Waals surface area contributed by atoms with Crippen molar-refractivity contribution >= 4 is 27.4 Å². The maximum atomic E-state index is 12.5. The van der Waals surface area contributed by atoms with Crippen molar-refractivity contribution in [2.45, 2.75) is 4.90 Å². The van der Waals surface area contributed by atoms with E-state index in [0.29, 0.717) is 0 Å². The molecule has 2 N–H and O–H groups in total. The molecule has 2 rings (SSSR count). The van der Waals surface area contributed by atoms with Crippen LogP contribution in [0.5, 0.6) is 5.75 Å². The Labute approximate surface area is 136 Å². The molecule has 0 saturated carbocycles. The quantitative estimate of drug-likeness (QED) is 0.600. The highest BCUT2D eigenvalue weighted by molar-refractivity contribution is 7.92. The lowest BCUT2D eigenvalue weighted by atomic mass is 10.2. The van der Waals surface area contributed by atoms with Crippen LogP contribution in [0.15, 0.2) is 47.4 Å². The van der Waals surface area contributed by atoms with Gasteiger partial charge in [-0.2, -0.15) is 0 Å². The number of sulfonamides is 1. The van der Waals surface area contributed by atoms with Crippen LogP contribution < -0.4 is 9.46 Å². The van der Waals surface area contributed by atoms with Crippen molar-refractivity contribution in [3.05, 3.63) is 58.1 Å². The van der Waals surface area contributed by atoms with Gasteiger partial charge in [-0.1, -0.05) is 12.1 Å². The second kappa shape index (κ2) is 6.54. The van der Waals surface area contributed by atoms with E-state index in [4.69, 9.17) is 9.84 Å². The molecule has 0 heterocycles. The molecule has 2 aromatic carbocycles. The number of nitrogens with zero attached hydrogens (tertiary/aromatic N) is 1. The van der Waals surface area contributed by atoms with Crippen LogP contribution in [0.4, 0.5) is 11.4 Å². The van der Waals surface area contributed by atoms with Gasteiger partial charge in [-0.25, -0.2) is 13.2 Å². The minimum absolute atomic E-state index is 0.0714. The first-order valence-electron chi connectivity index (χ1n) is 6.44. The second-order valence-corrected chi connectivity index (χ2v) is 6.20. The number of nitro groups is 1. The largest absolute Gasteiger partial charge is 0.495 e. The molecule has 0 spiro atoms. The molecule has 9 nitrogen and oxygen atoms in total. The number of carbonyl (C=O) groups is 1. The monoisotopic (exact) mass is 352 g/mol. The Bertz CT molecular complexity index is 909. The molecule has 0 aromatic heterocycles. The summed E-state index contributed by atoms with van der Waals surface area (Å²) in [5.41, 5.74) is -0.912. The lowest BCUT2D eigenvalue weighted by Gasteiger charge is -2.12. The summed E-state index contributed by atoms with van der Waals surface area (Å²) in [7, 11) is -3.05. The minimum Gasteiger partial charge on any atom is -0.495 e. The molecule has 0 aliphatic heterocycles. The SMILES string of the molecule is COc1ccc(C(=O)O)cc1NS(=O)(=O)c1ccccc1[N+](=O)[O-]. The van der Waals surface area contributed by atoms with Gasteiger partial charge in [0.15, 0.2) is 4.90 Å². The van der Waals surface area contributed by atoms with E-state index in [1.165, 1.54) is 31.4 Å². The summed E-state index contributed by atoms with van der Waals surface area (Å²) in [6.07, 6.45) is 0. The van der Waals surface area contributed by atoms with Gasteiger partial charge >= 0.3 is 5.97 Å². The Morgan fingerprint density at radius 2 is 1.92 bits per heavy atom. The number of hydrogen-bond donors (Lipinski definition) is 2. The first kappa shape index (κ1) is 17.2. The van der Waals surface area contributed by atoms with E-state index in [0.717, 1.165) is 18.2 Å². The van der Waals surface area contributed by atoms with Gasteiger partial charge in [0.2, 0.25) is 0 Å². The second-order valence-electron chi connectivity index (χ2n) is 4.55. The van der Waals surface area contributed by atoms with Crippen molar-refractivity contribution in [1.82, 2.24) is 0 Å². The van der Waals surface area contributed by atoms with Crippen LogP contribution in [0.2, 0.25) is 0 Å². The average Bonchev–Trinajstić information content (AvgIpc) is 2.54. The van der Waals surface area contributed by atoms with Crippen molar-refractivity contribution < 1.29 is 28.0 Å². The van der Waals surface area contributed by atoms with Crippen molar-refractivity contribution in [3.63, 3.8) is 0 Å². The normalized spacial score (nSPS) is 10.9. The third-order valence-electron chi connectivity index (χ3n) is 3.04. The van der Waals surface area contributed by atoms with Gasteiger partial charge in [-0.3, -0.25) is 14.8 Å². The Hall–Kier alpha value is -3.14. The summed E-state index contributed by atoms with van der Waals surface area (Å²) in [6.45, 7) is 0. The van der Waals surface area contributed by atoms with Crippen molar-refractivity contribution in [1.29, 1.82) is 0 Å². The number of ether oxygens (including phenoxy) is 1. The lowest BCUT2D eigenvalue weighted by Crippen LogP contribution is -2.15. The molecule has 24 heavy (non-hydrogen) atoms. The predicted molar refractivity (Wildman–Crippen MR) is 83.9 cm³/mol. The topological polar surface area (TPSA) is 136 Å². The average molecular weight is 352 g/mol. The zero-order valence-electron chi connectivity index (χ0n) is 12.3. The van der Waals surface area contributed by atoms with Crippen molar-refractivity contribution in [3.8, 4) is 5.75 Å². The fourth-order valence-electron chi connectivity index (χ4n) is 1.96. The Balaban J connectivity index is 2.52. The molecule has 0 amide bonds. The van der Waals surface area contributed by atoms with Crippen molar-refractivity contribution in [2.75, 3.05) is 11.8 Å². The smallest absolute Gasteiger partial charge is 0.335 e. The molecule has 126 valence electrons. The van der Waals surface area contributed by atoms with Crippen LogP contribution in [0.25, 0.3) is 0 Å². The van der Waals surface area contributed by atoms with E-state index in [-0.39, 0.29) is 17.0 Å². The molecule has 0 aliphatic rings. The standard InChI is InChI=1S/C14H12N2O7S/c1-23-12-7-6-9(14(17)18)8-10(12)15-24(21,22)13-5-3-2-4-11(13)16(19)20/h2-8,15H,1H3,(H,17,18). The fraction of sp³-hybridized carbons (Fsp3) is 0.0714. The van der Waals surface area contributed by atoms with E-state index in [2.05, 4.69) is 4.72 Å². The summed E-state index contributed by atoms with van der Waals surface area (Å²) < 4.78 is 32.0. The van der Waals surface area contributed by atoms with E-state index < -0.39 is 31.5 Å². The third-order valence-corrected chi connectivity index (χ3v) is 4.46. The predicted octanol–water partition coefficient (Wildman–Crippen LogP) is 2.10. The van der Waals surface area contributed by atoms with Crippen LogP contribution in [0.3, 0.4) is 0 Å². The summed E-state index contributed by atoms with van der Waals surface area (Å²) in [6, 6.07) is 8.39. The van der Waals surface area contributed by atoms with Gasteiger partial charge in [0.05, 0.1) is 23.3 Å². The van der Waals surface area contributed by atoms with Gasteiger partial charge in [0.1, 0.15) is 5.75 Å². The highest BCUT2D eigenvalue weighted by Crippen LogP contribution is 2.30. The van der Waals surface area contributed by atoms with Crippen LogP contribution >= 0.6 is 0 Å². The molecule has 2 aromatic rings. The number of carboxylic acids is 1. The lowest BCUT2D eigenvalue weighted by molar-refractivity contribution is -0.387. The zero-order chi connectivity index (χ0) is 17.9. The van der Waals surface area contributed by atoms with E-state index >= 15 is 0 Å². The number of methoxy groups -OCH3 is 1. The van der Waals surface area contributed by atoms with Gasteiger partial charge in [0.25, 0.3) is 15.7 Å². The number of nitrogens with one attached hydrogen (secondary N) is 1. The molecule has 0 aliphatic carbocycles. The van der Waals surface area contributed by atoms with E-state index in [9.17, 15) is 23.3 Å². The summed E-state index contributed by atoms with van der Waals surface area (Å²) in [5.74, 6) is -1.19. The van der Waals surface area contributed by atoms with Gasteiger partial charge in [-0.05, 0) is 24.3 Å². The number of anilines is 1. The number of rotatable bonds is 6. The van der Waals surface area contributed by atoms with Gasteiger partial charge in [-0.15, -0.1) is 0 Å². The molecular weight excluding hydrogens is 340 g/mol. The van der Waals surface area contributed by atoms with Gasteiger partial charge in [0, 0.05) is 6.07 Å². The van der Waals surface area contributed by atoms with Crippen LogP contribution in [0.1, 0.15) is 10.4 Å². The fourth-order valence-corrected chi connectivity index (χ4v) is 3.19. The van der Waals surface area contributed by atoms with Crippen LogP contribution in [-0.4, -0.2) is 31.5 Å². The Kier molecular flexibility index (Phi) is 4.69. The first-order chi connectivity index (χ1) is 11.3. The van der Waals surface area contributed by atoms with E-state index in [1.54, 1.807) is 0 Å². The van der Waals surface area contributed by atoms with Crippen LogP contribution in [-0.2, 0) is 10.0 Å². The molecule has 0 radical (unpaired) electrons. The number of para-hydroxylation sites is 1. The summed E-state index contributed by atoms with van der Waals surface area (Å²) in [4.78, 5) is 20.7. The molecule has 0 fully saturated rings. The zero-order valence-corrected chi connectivity index (χ0v) is 13.1. The van der Waals surface area contributed by atoms with Gasteiger partial charge < -0.3 is 9.84 Å². The number of benzene rings is 2. The number of carboxylic acid groups (broad SMARTS) is 1. The molecule has 0 unspecified atom stereocenters. The maximum Gasteiger partial charge on any atom is 0.335 e. The minimum atomic E-state index is -4.33. The molecule has 0 atom stereocenters. The summed E-state index contributed by atoms with van der Waals surface area (Å²) in [5, 5.41) is 20.0. The number of hydrogen-bond acceptors (Lipinski definition) is 6. The highest BCUT2D eigenvalue weighted by Gasteiger charge is 2.26. The Morgan fingerprint density at radius 1 is 1.25 bits per heavy atom. The maximum absolute atomic E-state index is 12.5. The molecule has 0 saturated heterocycles. The first-order valence-corrected chi connectivity index (χ1v) is 7.92. The Morgan fingerprint density at radius 3 is 2.50 bits per heavy atom. The number of nitro benzene ring substituents is 1. The number of aromatic carboxylic acids is 1. The third kappa shape index (κ3) is 3.43. The highest BCUT2D eigenvalue weighted by atomic mass is 32.2. The molecule has 10 heteroatoms. The van der Waals surface area contributed by atoms with E-state index in [1.807, 2.05) is 0 Å². The molecule has 0 bridgehead atoms.